The molecule has 0 bridgehead atoms. The molecule has 4 aromatic carbocycles. The molecule has 1 N–H and O–H groups in total. The fourth-order valence-corrected chi connectivity index (χ4v) is 11.1. The van der Waals surface area contributed by atoms with Gasteiger partial charge in [0.1, 0.15) is 28.4 Å². The summed E-state index contributed by atoms with van der Waals surface area (Å²) < 4.78 is 15.4. The van der Waals surface area contributed by atoms with Crippen LogP contribution in [-0.4, -0.2) is 33.0 Å². The summed E-state index contributed by atoms with van der Waals surface area (Å²) in [7, 11) is 0. The third-order valence-electron chi connectivity index (χ3n) is 10.5. The molecule has 1 aliphatic rings. The summed E-state index contributed by atoms with van der Waals surface area (Å²) >= 11 is 6.22. The molecule has 298 valence electrons. The molecule has 7 aromatic rings. The van der Waals surface area contributed by atoms with E-state index in [-0.39, 0.29) is 5.57 Å². The molecule has 11 heteroatoms. The molecule has 0 saturated carbocycles. The highest BCUT2D eigenvalue weighted by Gasteiger charge is 2.25. The number of aliphatic carboxylic acids is 1. The second-order valence-corrected chi connectivity index (χ2v) is 18.4. The van der Waals surface area contributed by atoms with E-state index < -0.39 is 5.97 Å². The van der Waals surface area contributed by atoms with E-state index >= 15 is 0 Å². The smallest absolute Gasteiger partial charge is 0.346 e. The van der Waals surface area contributed by atoms with E-state index in [1.54, 1.807) is 17.4 Å². The molecular weight excluding hydrogens is 809 g/mol. The lowest BCUT2D eigenvalue weighted by atomic mass is 10.0. The lowest BCUT2D eigenvalue weighted by Gasteiger charge is -2.33. The summed E-state index contributed by atoms with van der Waals surface area (Å²) in [5.74, 6) is -0.311. The Balaban J connectivity index is 1.05. The Morgan fingerprint density at radius 2 is 1.32 bits per heavy atom. The number of aromatic nitrogens is 2. The maximum absolute atomic E-state index is 11.4. The standard InChI is InChI=1S/C48H44N4O3S4/c1-3-5-7-9-25-52-39-20-13-32(31-11-15-35(16-12-31)55-26-10-8-6-4-2)28-44(39)58-45-29-33(14-21-40(45)52)41-23-24-43(57-41)38-19-18-37(46-47(38)51-59-50-46)42-22-17-36(56-42)27-34(30-49)48(53)54/h11-24,27-29H,3-10,25-26H2,1-2H3,(H,53,54)/b34-27+. The van der Waals surface area contributed by atoms with Crippen LogP contribution in [0.25, 0.3) is 59.6 Å². The van der Waals surface area contributed by atoms with Crippen LogP contribution in [0.5, 0.6) is 5.75 Å². The molecule has 0 aliphatic carbocycles. The van der Waals surface area contributed by atoms with Gasteiger partial charge < -0.3 is 14.7 Å². The van der Waals surface area contributed by atoms with Crippen LogP contribution >= 0.6 is 46.2 Å². The number of anilines is 2. The highest BCUT2D eigenvalue weighted by atomic mass is 32.2. The number of fused-ring (bicyclic) bond motifs is 3. The molecule has 0 radical (unpaired) electrons. The molecule has 7 nitrogen and oxygen atoms in total. The van der Waals surface area contributed by atoms with Crippen molar-refractivity contribution in [3.63, 3.8) is 0 Å². The van der Waals surface area contributed by atoms with Crippen molar-refractivity contribution in [1.82, 2.24) is 8.75 Å². The van der Waals surface area contributed by atoms with Gasteiger partial charge in [0.05, 0.1) is 29.7 Å². The summed E-state index contributed by atoms with van der Waals surface area (Å²) in [6.07, 6.45) is 11.0. The Hall–Kier alpha value is -5.25. The van der Waals surface area contributed by atoms with Crippen LogP contribution in [0.2, 0.25) is 0 Å². The maximum Gasteiger partial charge on any atom is 0.346 e. The highest BCUT2D eigenvalue weighted by Crippen LogP contribution is 2.51. The first-order valence-corrected chi connectivity index (χ1v) is 23.4. The molecule has 8 rings (SSSR count). The van der Waals surface area contributed by atoms with Crippen LogP contribution < -0.4 is 9.64 Å². The van der Waals surface area contributed by atoms with Crippen molar-refractivity contribution in [2.75, 3.05) is 18.1 Å². The zero-order valence-electron chi connectivity index (χ0n) is 33.1. The average molecular weight is 853 g/mol. The van der Waals surface area contributed by atoms with E-state index in [4.69, 9.17) is 9.11 Å². The summed E-state index contributed by atoms with van der Waals surface area (Å²) in [6.45, 7) is 6.23. The van der Waals surface area contributed by atoms with Gasteiger partial charge >= 0.3 is 5.97 Å². The SMILES string of the molecule is CCCCCCOc1ccc(-c2ccc3c(c2)Sc2cc(-c4ccc(-c5ccc(-c6ccc(/C=C(\C#N)C(=O)O)s6)c6nsnc56)s4)ccc2N3CCCCCC)cc1. The van der Waals surface area contributed by atoms with E-state index in [1.165, 1.54) is 110 Å². The van der Waals surface area contributed by atoms with Crippen molar-refractivity contribution in [1.29, 1.82) is 5.26 Å². The monoisotopic (exact) mass is 852 g/mol. The van der Waals surface area contributed by atoms with E-state index in [1.807, 2.05) is 23.9 Å². The van der Waals surface area contributed by atoms with E-state index in [0.29, 0.717) is 4.88 Å². The van der Waals surface area contributed by atoms with Gasteiger partial charge in [-0.1, -0.05) is 101 Å². The number of ether oxygens (including phenoxy) is 1. The predicted octanol–water partition coefficient (Wildman–Crippen LogP) is 14.6. The summed E-state index contributed by atoms with van der Waals surface area (Å²) in [5.41, 5.74) is 9.42. The van der Waals surface area contributed by atoms with E-state index in [0.717, 1.165) is 63.7 Å². The quantitative estimate of drug-likeness (QED) is 0.0549. The summed E-state index contributed by atoms with van der Waals surface area (Å²) in [5, 5.41) is 18.5. The molecule has 0 saturated heterocycles. The Bertz CT molecular complexity index is 2670. The lowest BCUT2D eigenvalue weighted by Crippen LogP contribution is -2.22. The van der Waals surface area contributed by atoms with Gasteiger partial charge in [0.25, 0.3) is 0 Å². The number of carboxylic acid groups (broad SMARTS) is 1. The largest absolute Gasteiger partial charge is 0.494 e. The first-order chi connectivity index (χ1) is 28.9. The van der Waals surface area contributed by atoms with Crippen LogP contribution in [0.4, 0.5) is 11.4 Å². The normalized spacial score (nSPS) is 12.4. The zero-order valence-corrected chi connectivity index (χ0v) is 36.3. The topological polar surface area (TPSA) is 99.3 Å². The van der Waals surface area contributed by atoms with Crippen molar-refractivity contribution in [2.45, 2.75) is 75.0 Å². The molecular formula is C48H44N4O3S4. The molecule has 0 atom stereocenters. The number of hydrogen-bond donors (Lipinski definition) is 1. The second-order valence-electron chi connectivity index (χ2n) is 14.6. The first-order valence-electron chi connectivity index (χ1n) is 20.2. The van der Waals surface area contributed by atoms with Crippen molar-refractivity contribution in [3.8, 4) is 54.3 Å². The number of benzene rings is 4. The number of unbranched alkanes of at least 4 members (excludes halogenated alkanes) is 6. The summed E-state index contributed by atoms with van der Waals surface area (Å²) in [4.78, 5) is 20.4. The van der Waals surface area contributed by atoms with Gasteiger partial charge in [0.15, 0.2) is 0 Å². The van der Waals surface area contributed by atoms with Crippen LogP contribution in [0.1, 0.15) is 70.1 Å². The third kappa shape index (κ3) is 9.02. The fraction of sp³-hybridized carbons (Fsp3) is 0.250. The van der Waals surface area contributed by atoms with E-state index in [9.17, 15) is 15.2 Å². The Labute approximate surface area is 362 Å². The molecule has 4 heterocycles. The van der Waals surface area contributed by atoms with Gasteiger partial charge in [-0.05, 0) is 96.3 Å². The Morgan fingerprint density at radius 1 is 0.712 bits per heavy atom. The Kier molecular flexibility index (Phi) is 12.9. The van der Waals surface area contributed by atoms with Gasteiger partial charge in [-0.3, -0.25) is 0 Å². The van der Waals surface area contributed by atoms with Crippen molar-refractivity contribution in [2.24, 2.45) is 0 Å². The minimum absolute atomic E-state index is 0.296. The van der Waals surface area contributed by atoms with Gasteiger partial charge in [0.2, 0.25) is 0 Å². The van der Waals surface area contributed by atoms with Gasteiger partial charge in [-0.25, -0.2) is 4.79 Å². The molecule has 1 aliphatic heterocycles. The van der Waals surface area contributed by atoms with Gasteiger partial charge in [-0.15, -0.1) is 22.7 Å². The predicted molar refractivity (Wildman–Crippen MR) is 247 cm³/mol. The second kappa shape index (κ2) is 18.8. The Morgan fingerprint density at radius 3 is 2.00 bits per heavy atom. The first kappa shape index (κ1) is 40.5. The minimum Gasteiger partial charge on any atom is -0.494 e. The van der Waals surface area contributed by atoms with Crippen molar-refractivity contribution < 1.29 is 14.6 Å². The molecule has 0 unspecified atom stereocenters. The molecule has 0 fully saturated rings. The highest BCUT2D eigenvalue weighted by molar-refractivity contribution is 7.99. The van der Waals surface area contributed by atoms with Crippen molar-refractivity contribution >= 4 is 80.6 Å². The third-order valence-corrected chi connectivity index (χ3v) is 14.4. The zero-order chi connectivity index (χ0) is 40.7. The molecule has 59 heavy (non-hydrogen) atoms. The molecule has 0 amide bonds. The summed E-state index contributed by atoms with van der Waals surface area (Å²) in [6, 6.07) is 36.4. The number of hydrogen-bond acceptors (Lipinski definition) is 10. The van der Waals surface area contributed by atoms with Gasteiger partial charge in [0, 0.05) is 47.0 Å². The van der Waals surface area contributed by atoms with Crippen LogP contribution in [0, 0.1) is 11.3 Å². The number of nitrogens with zero attached hydrogens (tertiary/aromatic N) is 4. The number of rotatable bonds is 17. The maximum atomic E-state index is 11.4. The molecule has 0 spiro atoms. The van der Waals surface area contributed by atoms with Gasteiger partial charge in [-0.2, -0.15) is 14.0 Å². The van der Waals surface area contributed by atoms with Crippen LogP contribution in [0.15, 0.2) is 112 Å². The fourth-order valence-electron chi connectivity index (χ4n) is 7.38. The number of carboxylic acids is 1. The molecule has 3 aromatic heterocycles. The minimum atomic E-state index is -1.24. The average Bonchev–Trinajstić information content (AvgIpc) is 4.06. The number of nitriles is 1. The number of carbonyl (C=O) groups is 1. The van der Waals surface area contributed by atoms with Crippen LogP contribution in [0.3, 0.4) is 0 Å². The van der Waals surface area contributed by atoms with Crippen molar-refractivity contribution in [3.05, 3.63) is 108 Å². The number of thiophene rings is 2. The van der Waals surface area contributed by atoms with Crippen LogP contribution in [-0.2, 0) is 4.79 Å². The van der Waals surface area contributed by atoms with E-state index in [2.05, 4.69) is 108 Å². The lowest BCUT2D eigenvalue weighted by molar-refractivity contribution is -0.132.